The summed E-state index contributed by atoms with van der Waals surface area (Å²) in [6.07, 6.45) is 0. The quantitative estimate of drug-likeness (QED) is 0.565. The van der Waals surface area contributed by atoms with Crippen LogP contribution < -0.4 is 10.6 Å². The summed E-state index contributed by atoms with van der Waals surface area (Å²) in [5, 5.41) is 16.7. The van der Waals surface area contributed by atoms with E-state index in [1.54, 1.807) is 12.1 Å². The highest BCUT2D eigenvalue weighted by atomic mass is 32.2. The van der Waals surface area contributed by atoms with Crippen molar-refractivity contribution in [3.63, 3.8) is 0 Å². The minimum Gasteiger partial charge on any atom is -0.360 e. The van der Waals surface area contributed by atoms with Gasteiger partial charge in [0.25, 0.3) is 0 Å². The third kappa shape index (κ3) is 4.77. The van der Waals surface area contributed by atoms with Crippen LogP contribution in [0.2, 0.25) is 0 Å². The highest BCUT2D eigenvalue weighted by molar-refractivity contribution is 8.02. The Balaban J connectivity index is 1.59. The Kier molecular flexibility index (Phi) is 6.17. The highest BCUT2D eigenvalue weighted by Gasteiger charge is 2.18. The third-order valence-corrected chi connectivity index (χ3v) is 6.08. The van der Waals surface area contributed by atoms with Crippen LogP contribution in [-0.2, 0) is 4.79 Å². The van der Waals surface area contributed by atoms with Crippen LogP contribution >= 0.6 is 34.4 Å². The molecule has 136 valence electrons. The van der Waals surface area contributed by atoms with E-state index in [-0.39, 0.29) is 17.0 Å². The number of halogens is 1. The van der Waals surface area contributed by atoms with E-state index in [1.165, 1.54) is 46.6 Å². The molecule has 0 radical (unpaired) electrons. The molecule has 2 N–H and O–H groups in total. The van der Waals surface area contributed by atoms with Gasteiger partial charge >= 0.3 is 0 Å². The van der Waals surface area contributed by atoms with Gasteiger partial charge in [0.05, 0.1) is 10.9 Å². The number of thioether (sulfide) groups is 1. The van der Waals surface area contributed by atoms with Gasteiger partial charge in [-0.3, -0.25) is 4.79 Å². The van der Waals surface area contributed by atoms with Gasteiger partial charge in [-0.1, -0.05) is 23.1 Å². The van der Waals surface area contributed by atoms with Crippen LogP contribution in [0, 0.1) is 5.82 Å². The van der Waals surface area contributed by atoms with Crippen molar-refractivity contribution in [3.05, 3.63) is 35.5 Å². The van der Waals surface area contributed by atoms with E-state index in [0.717, 1.165) is 21.6 Å². The number of nitrogens with zero attached hydrogens (tertiary/aromatic N) is 3. The summed E-state index contributed by atoms with van der Waals surface area (Å²) in [6.45, 7) is 4.57. The molecule has 1 amide bonds. The predicted octanol–water partition coefficient (Wildman–Crippen LogP) is 4.35. The Morgan fingerprint density at radius 1 is 1.27 bits per heavy atom. The average molecular weight is 410 g/mol. The average Bonchev–Trinajstić information content (AvgIpc) is 3.25. The van der Waals surface area contributed by atoms with Gasteiger partial charge in [-0.05, 0) is 38.1 Å². The summed E-state index contributed by atoms with van der Waals surface area (Å²) in [5.74, 6) is -0.451. The van der Waals surface area contributed by atoms with Crippen LogP contribution in [0.1, 0.15) is 13.8 Å². The summed E-state index contributed by atoms with van der Waals surface area (Å²) in [4.78, 5) is 16.8. The molecule has 3 rings (SSSR count). The van der Waals surface area contributed by atoms with Gasteiger partial charge in [0.1, 0.15) is 5.82 Å². The summed E-state index contributed by atoms with van der Waals surface area (Å²) < 4.78 is 13.7. The maximum atomic E-state index is 13.0. The predicted molar refractivity (Wildman–Crippen MR) is 106 cm³/mol. The molecule has 6 nitrogen and oxygen atoms in total. The van der Waals surface area contributed by atoms with E-state index in [1.807, 2.05) is 19.2 Å². The lowest BCUT2D eigenvalue weighted by Gasteiger charge is -2.07. The Morgan fingerprint density at radius 3 is 2.77 bits per heavy atom. The third-order valence-electron chi connectivity index (χ3n) is 3.26. The fourth-order valence-corrected chi connectivity index (χ4v) is 4.66. The van der Waals surface area contributed by atoms with E-state index < -0.39 is 0 Å². The van der Waals surface area contributed by atoms with Gasteiger partial charge in [-0.25, -0.2) is 9.37 Å². The molecule has 0 saturated heterocycles. The zero-order valence-electron chi connectivity index (χ0n) is 14.0. The molecule has 2 heterocycles. The van der Waals surface area contributed by atoms with Gasteiger partial charge in [0.2, 0.25) is 11.0 Å². The first-order valence-electron chi connectivity index (χ1n) is 7.81. The first-order chi connectivity index (χ1) is 12.5. The van der Waals surface area contributed by atoms with Crippen LogP contribution in [0.3, 0.4) is 0 Å². The number of carbonyl (C=O) groups is 1. The van der Waals surface area contributed by atoms with Gasteiger partial charge < -0.3 is 10.6 Å². The number of rotatable bonds is 7. The molecule has 26 heavy (non-hydrogen) atoms. The largest absolute Gasteiger partial charge is 0.360 e. The van der Waals surface area contributed by atoms with Gasteiger partial charge in [0.15, 0.2) is 9.47 Å². The van der Waals surface area contributed by atoms with Crippen molar-refractivity contribution in [1.29, 1.82) is 0 Å². The number of thiazole rings is 1. The standard InChI is InChI=1S/C16H16FN5OS3/c1-3-18-14-21-22-16(26-14)25-9(2)13(23)20-15-19-12(8-24-15)10-4-6-11(17)7-5-10/h4-9H,3H2,1-2H3,(H,18,21)(H,19,20,23). The highest BCUT2D eigenvalue weighted by Crippen LogP contribution is 2.30. The number of anilines is 2. The van der Waals surface area contributed by atoms with E-state index in [2.05, 4.69) is 25.8 Å². The fraction of sp³-hybridized carbons (Fsp3) is 0.250. The Bertz CT molecular complexity index is 880. The van der Waals surface area contributed by atoms with Gasteiger partial charge in [-0.15, -0.1) is 21.5 Å². The number of amides is 1. The van der Waals surface area contributed by atoms with Crippen LogP contribution in [0.25, 0.3) is 11.3 Å². The first-order valence-corrected chi connectivity index (χ1v) is 10.4. The summed E-state index contributed by atoms with van der Waals surface area (Å²) in [7, 11) is 0. The zero-order chi connectivity index (χ0) is 18.5. The molecule has 1 unspecified atom stereocenters. The molecular formula is C16H16FN5OS3. The van der Waals surface area contributed by atoms with Crippen molar-refractivity contribution in [1.82, 2.24) is 15.2 Å². The molecule has 3 aromatic rings. The van der Waals surface area contributed by atoms with Gasteiger partial charge in [0, 0.05) is 17.5 Å². The fourth-order valence-electron chi connectivity index (χ4n) is 1.98. The first kappa shape index (κ1) is 18.7. The SMILES string of the molecule is CCNc1nnc(SC(C)C(=O)Nc2nc(-c3ccc(F)cc3)cs2)s1. The van der Waals surface area contributed by atoms with Crippen LogP contribution in [0.4, 0.5) is 14.7 Å². The summed E-state index contributed by atoms with van der Waals surface area (Å²) in [6, 6.07) is 6.09. The lowest BCUT2D eigenvalue weighted by Crippen LogP contribution is -2.22. The Hall–Kier alpha value is -2.04. The second-order valence-corrected chi connectivity index (χ2v) is 8.62. The van der Waals surface area contributed by atoms with Crippen LogP contribution in [0.15, 0.2) is 34.0 Å². The summed E-state index contributed by atoms with van der Waals surface area (Å²) >= 11 is 4.10. The summed E-state index contributed by atoms with van der Waals surface area (Å²) in [5.41, 5.74) is 1.50. The number of nitrogens with one attached hydrogen (secondary N) is 2. The second-order valence-electron chi connectivity index (χ2n) is 5.20. The second kappa shape index (κ2) is 8.56. The zero-order valence-corrected chi connectivity index (χ0v) is 16.5. The normalized spacial score (nSPS) is 12.0. The number of aromatic nitrogens is 3. The molecule has 1 atom stereocenters. The minimum atomic E-state index is -0.337. The van der Waals surface area contributed by atoms with E-state index in [4.69, 9.17) is 0 Å². The molecule has 0 aliphatic heterocycles. The van der Waals surface area contributed by atoms with Crippen LogP contribution in [0.5, 0.6) is 0 Å². The lowest BCUT2D eigenvalue weighted by molar-refractivity contribution is -0.115. The molecule has 10 heteroatoms. The van der Waals surface area contributed by atoms with Crippen molar-refractivity contribution >= 4 is 50.6 Å². The molecule has 0 saturated carbocycles. The topological polar surface area (TPSA) is 79.8 Å². The monoisotopic (exact) mass is 409 g/mol. The van der Waals surface area contributed by atoms with Crippen molar-refractivity contribution < 1.29 is 9.18 Å². The van der Waals surface area contributed by atoms with Crippen molar-refractivity contribution in [3.8, 4) is 11.3 Å². The van der Waals surface area contributed by atoms with E-state index in [9.17, 15) is 9.18 Å². The lowest BCUT2D eigenvalue weighted by atomic mass is 10.2. The Labute approximate surface area is 162 Å². The molecule has 1 aromatic carbocycles. The molecule has 0 aliphatic carbocycles. The molecule has 2 aromatic heterocycles. The number of carbonyl (C=O) groups excluding carboxylic acids is 1. The van der Waals surface area contributed by atoms with Crippen molar-refractivity contribution in [2.75, 3.05) is 17.2 Å². The maximum absolute atomic E-state index is 13.0. The van der Waals surface area contributed by atoms with E-state index in [0.29, 0.717) is 10.8 Å². The molecule has 0 aliphatic rings. The minimum absolute atomic E-state index is 0.157. The maximum Gasteiger partial charge on any atom is 0.239 e. The molecular weight excluding hydrogens is 393 g/mol. The smallest absolute Gasteiger partial charge is 0.239 e. The number of hydrogen-bond acceptors (Lipinski definition) is 8. The van der Waals surface area contributed by atoms with Crippen molar-refractivity contribution in [2.24, 2.45) is 0 Å². The van der Waals surface area contributed by atoms with Crippen LogP contribution in [-0.4, -0.2) is 32.9 Å². The van der Waals surface area contributed by atoms with Gasteiger partial charge in [-0.2, -0.15) is 0 Å². The molecule has 0 fully saturated rings. The molecule has 0 bridgehead atoms. The molecule has 0 spiro atoms. The number of benzene rings is 1. The van der Waals surface area contributed by atoms with Crippen molar-refractivity contribution in [2.45, 2.75) is 23.4 Å². The van der Waals surface area contributed by atoms with E-state index >= 15 is 0 Å². The Morgan fingerprint density at radius 2 is 2.04 bits per heavy atom. The number of hydrogen-bond donors (Lipinski definition) is 2.